The maximum Gasteiger partial charge on any atom is 0.119 e. The molecule has 0 amide bonds. The summed E-state index contributed by atoms with van der Waals surface area (Å²) < 4.78 is 18.9. The van der Waals surface area contributed by atoms with E-state index in [2.05, 4.69) is 121 Å². The normalized spacial score (nSPS) is 14.5. The van der Waals surface area contributed by atoms with Gasteiger partial charge in [-0.1, -0.05) is 297 Å². The zero-order valence-corrected chi connectivity index (χ0v) is 58.8. The molecule has 0 heterocycles. The Morgan fingerprint density at radius 3 is 0.784 bits per heavy atom. The van der Waals surface area contributed by atoms with Gasteiger partial charge in [-0.05, 0) is 161 Å². The standard InChI is InChI=1S/C82H142O6/c1-8-11-14-17-20-23-26-29-32-35-38-50-79(83)70(4)47-41-44-67-86-76-59-53-73(54-60-76)65-66-82(7,74-55-61-77(62-56-74)87-68-45-42-48-71(5)80(84)51-39-36-33-30-27-24-21-18-15-12-9-2)75-57-63-78(64-58-75)88-69-46-43-49-72(6)81(85)52-40-37-34-31-28-25-22-19-16-13-10-3/h53-64,70-72,79-81,83-85H,8-52,65-69H2,1-7H3. The molecule has 3 aromatic carbocycles. The zero-order chi connectivity index (χ0) is 63.4. The lowest BCUT2D eigenvalue weighted by molar-refractivity contribution is 0.0976. The first-order valence-corrected chi connectivity index (χ1v) is 38.2. The molecule has 3 N–H and O–H groups in total. The minimum atomic E-state index is -0.251. The Hall–Kier alpha value is -3.06. The van der Waals surface area contributed by atoms with E-state index < -0.39 is 0 Å². The Balaban J connectivity index is 1.46. The number of hydrogen-bond donors (Lipinski definition) is 3. The predicted octanol–water partition coefficient (Wildman–Crippen LogP) is 24.4. The molecule has 88 heavy (non-hydrogen) atoms. The molecule has 0 saturated carbocycles. The summed E-state index contributed by atoms with van der Waals surface area (Å²) in [5.74, 6) is 3.72. The molecule has 0 bridgehead atoms. The van der Waals surface area contributed by atoms with Gasteiger partial charge in [0, 0.05) is 5.41 Å². The van der Waals surface area contributed by atoms with Crippen molar-refractivity contribution in [2.45, 2.75) is 374 Å². The summed E-state index contributed by atoms with van der Waals surface area (Å²) in [6.45, 7) is 18.0. The average Bonchev–Trinajstić information content (AvgIpc) is 1.88. The van der Waals surface area contributed by atoms with Crippen LogP contribution in [-0.4, -0.2) is 53.5 Å². The summed E-state index contributed by atoms with van der Waals surface area (Å²) in [7, 11) is 0. The van der Waals surface area contributed by atoms with Crippen molar-refractivity contribution in [2.24, 2.45) is 17.8 Å². The SMILES string of the molecule is CCCCCCCCCCCCCC(O)C(C)CCCCOc1ccc(CCC(C)(c2ccc(OCCCCC(C)C(O)CCCCCCCCCCCCC)cc2)c2ccc(OCCCCC(C)C(O)CCCCCCCCCCCCC)cc2)cc1. The van der Waals surface area contributed by atoms with Gasteiger partial charge in [-0.25, -0.2) is 0 Å². The van der Waals surface area contributed by atoms with Gasteiger partial charge in [0.25, 0.3) is 0 Å². The molecular weight excluding hydrogens is 1080 g/mol. The number of aliphatic hydroxyl groups is 3. The van der Waals surface area contributed by atoms with Crippen molar-refractivity contribution in [3.8, 4) is 17.2 Å². The van der Waals surface area contributed by atoms with Crippen LogP contribution in [0.4, 0.5) is 0 Å². The molecule has 6 heteroatoms. The highest BCUT2D eigenvalue weighted by molar-refractivity contribution is 5.43. The maximum absolute atomic E-state index is 10.9. The lowest BCUT2D eigenvalue weighted by atomic mass is 9.72. The minimum Gasteiger partial charge on any atom is -0.494 e. The van der Waals surface area contributed by atoms with Gasteiger partial charge < -0.3 is 29.5 Å². The Bertz CT molecular complexity index is 1870. The Kier molecular flexibility index (Phi) is 48.1. The van der Waals surface area contributed by atoms with Gasteiger partial charge in [0.1, 0.15) is 17.2 Å². The summed E-state index contributed by atoms with van der Waals surface area (Å²) in [4.78, 5) is 0. The second-order valence-electron chi connectivity index (χ2n) is 28.2. The molecular formula is C82H142O6. The highest BCUT2D eigenvalue weighted by atomic mass is 16.5. The third kappa shape index (κ3) is 38.7. The van der Waals surface area contributed by atoms with Gasteiger partial charge in [0.2, 0.25) is 0 Å². The maximum atomic E-state index is 10.9. The number of unbranched alkanes of at least 4 members (excludes halogenated alkanes) is 33. The molecule has 0 aliphatic rings. The molecule has 6 atom stereocenters. The molecule has 0 fully saturated rings. The first kappa shape index (κ1) is 79.2. The summed E-state index contributed by atoms with van der Waals surface area (Å²) in [6.07, 6.45) is 57.5. The number of aliphatic hydroxyl groups excluding tert-OH is 3. The van der Waals surface area contributed by atoms with Crippen molar-refractivity contribution in [2.75, 3.05) is 19.8 Å². The topological polar surface area (TPSA) is 88.4 Å². The first-order chi connectivity index (χ1) is 43.0. The Morgan fingerprint density at radius 1 is 0.295 bits per heavy atom. The quantitative estimate of drug-likeness (QED) is 0.0488. The molecule has 3 aromatic rings. The highest BCUT2D eigenvalue weighted by Gasteiger charge is 2.29. The van der Waals surface area contributed by atoms with Gasteiger partial charge in [0.05, 0.1) is 38.1 Å². The van der Waals surface area contributed by atoms with E-state index in [4.69, 9.17) is 14.2 Å². The fourth-order valence-corrected chi connectivity index (χ4v) is 13.2. The Morgan fingerprint density at radius 2 is 0.523 bits per heavy atom. The van der Waals surface area contributed by atoms with E-state index in [0.29, 0.717) is 37.6 Å². The molecule has 0 aliphatic carbocycles. The van der Waals surface area contributed by atoms with E-state index in [1.807, 2.05) is 0 Å². The second kappa shape index (κ2) is 53.4. The second-order valence-corrected chi connectivity index (χ2v) is 28.2. The third-order valence-corrected chi connectivity index (χ3v) is 20.1. The van der Waals surface area contributed by atoms with Crippen molar-refractivity contribution >= 4 is 0 Å². The smallest absolute Gasteiger partial charge is 0.119 e. The molecule has 0 aliphatic heterocycles. The van der Waals surface area contributed by atoms with Crippen LogP contribution in [0.1, 0.15) is 361 Å². The van der Waals surface area contributed by atoms with Gasteiger partial charge in [-0.3, -0.25) is 0 Å². The predicted molar refractivity (Wildman–Crippen MR) is 381 cm³/mol. The van der Waals surface area contributed by atoms with Crippen LogP contribution in [0.25, 0.3) is 0 Å². The fourth-order valence-electron chi connectivity index (χ4n) is 13.2. The molecule has 6 unspecified atom stereocenters. The van der Waals surface area contributed by atoms with Crippen LogP contribution in [0.3, 0.4) is 0 Å². The van der Waals surface area contributed by atoms with Crippen molar-refractivity contribution in [1.82, 2.24) is 0 Å². The molecule has 6 nitrogen and oxygen atoms in total. The van der Waals surface area contributed by atoms with Crippen LogP contribution in [0.2, 0.25) is 0 Å². The molecule has 0 radical (unpaired) electrons. The molecule has 3 rings (SSSR count). The van der Waals surface area contributed by atoms with E-state index in [1.165, 1.54) is 209 Å². The van der Waals surface area contributed by atoms with Gasteiger partial charge in [0.15, 0.2) is 0 Å². The minimum absolute atomic E-state index is 0.193. The van der Waals surface area contributed by atoms with Gasteiger partial charge >= 0.3 is 0 Å². The monoisotopic (exact) mass is 1220 g/mol. The fraction of sp³-hybridized carbons (Fsp3) is 0.780. The van der Waals surface area contributed by atoms with E-state index >= 15 is 0 Å². The van der Waals surface area contributed by atoms with Crippen molar-refractivity contribution < 1.29 is 29.5 Å². The van der Waals surface area contributed by atoms with E-state index in [9.17, 15) is 15.3 Å². The number of aryl methyl sites for hydroxylation is 1. The first-order valence-electron chi connectivity index (χ1n) is 38.2. The molecule has 0 saturated heterocycles. The number of hydrogen-bond acceptors (Lipinski definition) is 6. The van der Waals surface area contributed by atoms with Gasteiger partial charge in [-0.2, -0.15) is 0 Å². The van der Waals surface area contributed by atoms with Crippen molar-refractivity contribution in [1.29, 1.82) is 0 Å². The van der Waals surface area contributed by atoms with Crippen LogP contribution in [0, 0.1) is 17.8 Å². The van der Waals surface area contributed by atoms with E-state index in [1.54, 1.807) is 0 Å². The van der Waals surface area contributed by atoms with Crippen LogP contribution in [0.15, 0.2) is 72.8 Å². The molecule has 506 valence electrons. The summed E-state index contributed by atoms with van der Waals surface area (Å²) in [6, 6.07) is 26.4. The lowest BCUT2D eigenvalue weighted by Crippen LogP contribution is -2.24. The summed E-state index contributed by atoms with van der Waals surface area (Å²) in [5, 5.41) is 32.7. The van der Waals surface area contributed by atoms with Crippen molar-refractivity contribution in [3.63, 3.8) is 0 Å². The largest absolute Gasteiger partial charge is 0.494 e. The lowest BCUT2D eigenvalue weighted by Gasteiger charge is -2.32. The van der Waals surface area contributed by atoms with Gasteiger partial charge in [-0.15, -0.1) is 0 Å². The summed E-state index contributed by atoms with van der Waals surface area (Å²) in [5.41, 5.74) is 3.58. The molecule has 0 spiro atoms. The average molecular weight is 1220 g/mol. The van der Waals surface area contributed by atoms with E-state index in [0.717, 1.165) is 126 Å². The van der Waals surface area contributed by atoms with E-state index in [-0.39, 0.29) is 23.7 Å². The number of rotatable bonds is 62. The number of benzene rings is 3. The van der Waals surface area contributed by atoms with Crippen LogP contribution in [0.5, 0.6) is 17.2 Å². The third-order valence-electron chi connectivity index (χ3n) is 20.1. The zero-order valence-electron chi connectivity index (χ0n) is 58.8. The van der Waals surface area contributed by atoms with Crippen LogP contribution in [-0.2, 0) is 11.8 Å². The van der Waals surface area contributed by atoms with Crippen LogP contribution >= 0.6 is 0 Å². The Labute approximate surface area is 545 Å². The molecule has 0 aromatic heterocycles. The van der Waals surface area contributed by atoms with Crippen molar-refractivity contribution in [3.05, 3.63) is 89.5 Å². The highest BCUT2D eigenvalue weighted by Crippen LogP contribution is 2.39. The summed E-state index contributed by atoms with van der Waals surface area (Å²) >= 11 is 0. The number of ether oxygens (including phenoxy) is 3. The van der Waals surface area contributed by atoms with Crippen LogP contribution < -0.4 is 14.2 Å².